The Labute approximate surface area is 307 Å². The maximum atomic E-state index is 13.5. The molecule has 0 saturated heterocycles. The topological polar surface area (TPSA) is 151 Å². The highest BCUT2D eigenvalue weighted by atomic mass is 32.1. The van der Waals surface area contributed by atoms with Crippen LogP contribution in [0.3, 0.4) is 0 Å². The molecule has 0 aliphatic carbocycles. The molecule has 0 saturated carbocycles. The van der Waals surface area contributed by atoms with Crippen LogP contribution in [0.4, 0.5) is 0 Å². The number of ether oxygens (including phenoxy) is 1. The van der Waals surface area contributed by atoms with Crippen molar-refractivity contribution in [3.8, 4) is 16.9 Å². The molecule has 5 aromatic rings. The molecule has 2 bridgehead atoms. The van der Waals surface area contributed by atoms with E-state index < -0.39 is 30.1 Å². The molecule has 12 heteroatoms. The van der Waals surface area contributed by atoms with Gasteiger partial charge in [0.05, 0.1) is 18.8 Å². The van der Waals surface area contributed by atoms with Crippen LogP contribution in [-0.2, 0) is 38.4 Å². The molecule has 3 atom stereocenters. The zero-order valence-corrected chi connectivity index (χ0v) is 29.6. The summed E-state index contributed by atoms with van der Waals surface area (Å²) in [6.07, 6.45) is 4.27. The fraction of sp³-hybridized carbons (Fsp3) is 0.225. The summed E-state index contributed by atoms with van der Waals surface area (Å²) >= 11 is 1.78. The van der Waals surface area contributed by atoms with Crippen molar-refractivity contribution >= 4 is 35.3 Å². The number of aryl methyl sites for hydroxylation is 1. The molecular weight excluding hydrogens is 677 g/mol. The second-order valence-electron chi connectivity index (χ2n) is 12.2. The van der Waals surface area contributed by atoms with Gasteiger partial charge in [0, 0.05) is 23.7 Å². The molecule has 5 N–H and O–H groups in total. The third-order valence-electron chi connectivity index (χ3n) is 8.12. The highest BCUT2D eigenvalue weighted by molar-refractivity contribution is 7.09. The van der Waals surface area contributed by atoms with Gasteiger partial charge in [0.25, 0.3) is 5.91 Å². The van der Waals surface area contributed by atoms with Gasteiger partial charge >= 0.3 is 0 Å². The fourth-order valence-electron chi connectivity index (χ4n) is 5.41. The Kier molecular flexibility index (Phi) is 14.2. The van der Waals surface area contributed by atoms with Crippen molar-refractivity contribution in [2.24, 2.45) is 0 Å². The van der Waals surface area contributed by atoms with Crippen LogP contribution < -0.4 is 31.5 Å². The van der Waals surface area contributed by atoms with E-state index in [0.29, 0.717) is 18.5 Å². The summed E-state index contributed by atoms with van der Waals surface area (Å²) in [6.45, 7) is 1.54. The Morgan fingerprint density at radius 1 is 0.769 bits per heavy atom. The maximum absolute atomic E-state index is 13.5. The minimum atomic E-state index is -0.831. The summed E-state index contributed by atoms with van der Waals surface area (Å²) in [5.74, 6) is -0.829. The first kappa shape index (κ1) is 37.6. The van der Waals surface area contributed by atoms with Crippen LogP contribution in [0.1, 0.15) is 21.6 Å². The van der Waals surface area contributed by atoms with Gasteiger partial charge in [-0.1, -0.05) is 72.8 Å². The van der Waals surface area contributed by atoms with Crippen LogP contribution in [0.25, 0.3) is 11.1 Å². The molecule has 2 aliphatic rings. The van der Waals surface area contributed by atoms with Crippen LogP contribution in [0.5, 0.6) is 5.75 Å². The van der Waals surface area contributed by atoms with Crippen molar-refractivity contribution in [2.75, 3.05) is 13.2 Å². The number of rotatable bonds is 6. The Balaban J connectivity index is 0.000000790. The lowest BCUT2D eigenvalue weighted by Crippen LogP contribution is -2.59. The van der Waals surface area contributed by atoms with E-state index in [9.17, 15) is 19.2 Å². The van der Waals surface area contributed by atoms with Gasteiger partial charge in [-0.05, 0) is 83.3 Å². The fourth-order valence-corrected chi connectivity index (χ4v) is 5.93. The van der Waals surface area contributed by atoms with E-state index in [1.165, 1.54) is 4.88 Å². The average molecular weight is 719 g/mol. The van der Waals surface area contributed by atoms with E-state index in [2.05, 4.69) is 56.2 Å². The molecule has 268 valence electrons. The van der Waals surface area contributed by atoms with E-state index in [1.807, 2.05) is 66.7 Å². The van der Waals surface area contributed by atoms with Crippen LogP contribution in [-0.4, -0.2) is 60.4 Å². The molecular formula is C40H42N6O5S. The van der Waals surface area contributed by atoms with Crippen LogP contribution in [0.2, 0.25) is 0 Å². The van der Waals surface area contributed by atoms with E-state index in [4.69, 9.17) is 4.74 Å². The van der Waals surface area contributed by atoms with Crippen LogP contribution >= 0.6 is 11.3 Å². The van der Waals surface area contributed by atoms with Gasteiger partial charge in [0.2, 0.25) is 11.8 Å². The number of thiophene rings is 1. The lowest BCUT2D eigenvalue weighted by atomic mass is 10.0. The SMILES string of the molecule is Cc1cccs1.O=C[C@@H]1Cc2ccc(cc2)OCC(=O)N[C@@H](Cc2ccncc2)NN[C@H](Cc2ccc(-c3ccccc3)cc2)C(=O)NCC(=O)N1. The molecule has 11 nitrogen and oxygen atoms in total. The first-order valence-electron chi connectivity index (χ1n) is 16.9. The summed E-state index contributed by atoms with van der Waals surface area (Å²) < 4.78 is 5.69. The van der Waals surface area contributed by atoms with Crippen molar-refractivity contribution < 1.29 is 23.9 Å². The maximum Gasteiger partial charge on any atom is 0.259 e. The number of hydrazine groups is 1. The molecule has 2 aliphatic heterocycles. The number of carbonyl (C=O) groups excluding carboxylic acids is 4. The Hall–Kier alpha value is -5.69. The number of nitrogens with one attached hydrogen (secondary N) is 5. The van der Waals surface area contributed by atoms with Crippen molar-refractivity contribution in [1.82, 2.24) is 31.8 Å². The lowest BCUT2D eigenvalue weighted by molar-refractivity contribution is -0.128. The zero-order chi connectivity index (χ0) is 36.5. The second kappa shape index (κ2) is 19.6. The number of fused-ring (bicyclic) bond motifs is 16. The van der Waals surface area contributed by atoms with E-state index >= 15 is 0 Å². The number of aldehydes is 1. The molecule has 2 aromatic heterocycles. The number of hydrogen-bond acceptors (Lipinski definition) is 9. The Morgan fingerprint density at radius 2 is 1.48 bits per heavy atom. The van der Waals surface area contributed by atoms with E-state index in [1.54, 1.807) is 48.0 Å². The smallest absolute Gasteiger partial charge is 0.259 e. The summed E-state index contributed by atoms with van der Waals surface area (Å²) in [5, 5.41) is 10.3. The molecule has 3 aromatic carbocycles. The molecule has 0 radical (unpaired) electrons. The molecule has 4 heterocycles. The summed E-state index contributed by atoms with van der Waals surface area (Å²) in [7, 11) is 0. The number of amides is 3. The largest absolute Gasteiger partial charge is 0.484 e. The Bertz CT molecular complexity index is 1860. The quantitative estimate of drug-likeness (QED) is 0.131. The number of carbonyl (C=O) groups is 4. The minimum Gasteiger partial charge on any atom is -0.484 e. The molecule has 0 fully saturated rings. The molecule has 3 amide bonds. The van der Waals surface area contributed by atoms with Crippen molar-refractivity contribution in [3.63, 3.8) is 0 Å². The third kappa shape index (κ3) is 12.3. The van der Waals surface area contributed by atoms with Crippen molar-refractivity contribution in [2.45, 2.75) is 44.4 Å². The number of aromatic nitrogens is 1. The summed E-state index contributed by atoms with van der Waals surface area (Å²) in [6, 6.07) is 31.0. The van der Waals surface area contributed by atoms with Crippen molar-refractivity contribution in [1.29, 1.82) is 0 Å². The van der Waals surface area contributed by atoms with Gasteiger partial charge in [-0.25, -0.2) is 10.9 Å². The van der Waals surface area contributed by atoms with Gasteiger partial charge in [0.1, 0.15) is 18.1 Å². The van der Waals surface area contributed by atoms with Crippen LogP contribution in [0, 0.1) is 6.92 Å². The highest BCUT2D eigenvalue weighted by Crippen LogP contribution is 2.20. The molecule has 0 unspecified atom stereocenters. The van der Waals surface area contributed by atoms with Gasteiger partial charge in [-0.2, -0.15) is 0 Å². The van der Waals surface area contributed by atoms with Gasteiger partial charge < -0.3 is 25.5 Å². The molecule has 52 heavy (non-hydrogen) atoms. The summed E-state index contributed by atoms with van der Waals surface area (Å²) in [4.78, 5) is 56.3. The third-order valence-corrected chi connectivity index (χ3v) is 8.92. The number of benzene rings is 3. The number of nitrogens with zero attached hydrogens (tertiary/aromatic N) is 1. The predicted molar refractivity (Wildman–Crippen MR) is 201 cm³/mol. The first-order valence-corrected chi connectivity index (χ1v) is 17.8. The highest BCUT2D eigenvalue weighted by Gasteiger charge is 2.23. The van der Waals surface area contributed by atoms with Gasteiger partial charge in [-0.15, -0.1) is 11.3 Å². The van der Waals surface area contributed by atoms with Crippen LogP contribution in [0.15, 0.2) is 121 Å². The first-order chi connectivity index (χ1) is 25.3. The monoisotopic (exact) mass is 718 g/mol. The van der Waals surface area contributed by atoms with Gasteiger partial charge in [-0.3, -0.25) is 19.4 Å². The van der Waals surface area contributed by atoms with Crippen molar-refractivity contribution in [3.05, 3.63) is 142 Å². The zero-order valence-electron chi connectivity index (χ0n) is 28.8. The van der Waals surface area contributed by atoms with E-state index in [-0.39, 0.29) is 31.9 Å². The number of pyridine rings is 1. The minimum absolute atomic E-state index is 0.238. The predicted octanol–water partition coefficient (Wildman–Crippen LogP) is 3.93. The summed E-state index contributed by atoms with van der Waals surface area (Å²) in [5.41, 5.74) is 10.9. The van der Waals surface area contributed by atoms with Gasteiger partial charge in [0.15, 0.2) is 6.61 Å². The lowest BCUT2D eigenvalue weighted by Gasteiger charge is -2.25. The Morgan fingerprint density at radius 3 is 2.13 bits per heavy atom. The number of hydrogen-bond donors (Lipinski definition) is 5. The average Bonchev–Trinajstić information content (AvgIpc) is 3.66. The van der Waals surface area contributed by atoms with E-state index in [0.717, 1.165) is 27.8 Å². The standard InChI is InChI=1S/C35H36N6O5.C5H6S/c42-22-29-18-24-8-12-30(13-9-24)46-23-34(44)39-32(20-26-14-16-36-17-15-26)41-40-31(35(45)37-21-33(43)38-29)19-25-6-10-28(11-7-25)27-4-2-1-3-5-27;1-5-3-2-4-6-5/h1-17,22,29,31-32,40-41H,18-21,23H2,(H,37,45)(H,38,43)(H,39,44);2-4H,1H3/t29-,31+,32+;/m0./s1. The molecule has 0 spiro atoms. The normalized spacial score (nSPS) is 18.5. The second-order valence-corrected chi connectivity index (χ2v) is 13.3. The molecule has 7 rings (SSSR count).